The van der Waals surface area contributed by atoms with Crippen LogP contribution in [0.2, 0.25) is 0 Å². The number of amides is 1. The van der Waals surface area contributed by atoms with E-state index in [1.807, 2.05) is 0 Å². The molecule has 1 aromatic rings. The highest BCUT2D eigenvalue weighted by Gasteiger charge is 2.28. The fourth-order valence-corrected chi connectivity index (χ4v) is 2.67. The first-order chi connectivity index (χ1) is 9.56. The van der Waals surface area contributed by atoms with Crippen LogP contribution in [0.3, 0.4) is 0 Å². The van der Waals surface area contributed by atoms with Crippen molar-refractivity contribution in [1.29, 1.82) is 0 Å². The summed E-state index contributed by atoms with van der Waals surface area (Å²) in [6.45, 7) is 10.1. The third-order valence-electron chi connectivity index (χ3n) is 3.98. The van der Waals surface area contributed by atoms with E-state index >= 15 is 0 Å². The summed E-state index contributed by atoms with van der Waals surface area (Å²) < 4.78 is 0. The van der Waals surface area contributed by atoms with E-state index in [1.165, 1.54) is 11.1 Å². The zero-order valence-electron chi connectivity index (χ0n) is 12.9. The maximum absolute atomic E-state index is 12.1. The maximum atomic E-state index is 12.1. The van der Waals surface area contributed by atoms with E-state index in [1.54, 1.807) is 0 Å². The van der Waals surface area contributed by atoms with E-state index in [-0.39, 0.29) is 11.8 Å². The molecule has 1 atom stereocenters. The molecule has 1 aliphatic heterocycles. The number of nitrogens with one attached hydrogen (secondary N) is 1. The summed E-state index contributed by atoms with van der Waals surface area (Å²) in [5, 5.41) is 3.05. The lowest BCUT2D eigenvalue weighted by molar-refractivity contribution is -0.124. The molecule has 0 spiro atoms. The monoisotopic (exact) mass is 274 g/mol. The van der Waals surface area contributed by atoms with Crippen LogP contribution >= 0.6 is 0 Å². The van der Waals surface area contributed by atoms with Crippen molar-refractivity contribution in [3.8, 4) is 0 Å². The molecule has 0 radical (unpaired) electrons. The summed E-state index contributed by atoms with van der Waals surface area (Å²) >= 11 is 0. The Hall–Kier alpha value is -1.35. The van der Waals surface area contributed by atoms with E-state index < -0.39 is 0 Å². The lowest BCUT2D eigenvalue weighted by atomic mass is 10.1. The number of likely N-dealkylation sites (tertiary alicyclic amines) is 1. The topological polar surface area (TPSA) is 32.3 Å². The summed E-state index contributed by atoms with van der Waals surface area (Å²) in [6.07, 6.45) is 0.982. The van der Waals surface area contributed by atoms with Crippen LogP contribution in [0, 0.1) is 18.8 Å². The molecule has 1 fully saturated rings. The maximum Gasteiger partial charge on any atom is 0.224 e. The molecule has 3 nitrogen and oxygen atoms in total. The van der Waals surface area contributed by atoms with Gasteiger partial charge in [0.15, 0.2) is 0 Å². The number of benzene rings is 1. The van der Waals surface area contributed by atoms with E-state index in [9.17, 15) is 4.79 Å². The van der Waals surface area contributed by atoms with Gasteiger partial charge in [0.2, 0.25) is 5.91 Å². The Morgan fingerprint density at radius 1 is 1.40 bits per heavy atom. The first kappa shape index (κ1) is 15.0. The third-order valence-corrected chi connectivity index (χ3v) is 3.98. The van der Waals surface area contributed by atoms with Gasteiger partial charge in [0.05, 0.1) is 5.92 Å². The van der Waals surface area contributed by atoms with Gasteiger partial charge in [-0.3, -0.25) is 9.69 Å². The quantitative estimate of drug-likeness (QED) is 0.895. The van der Waals surface area contributed by atoms with Gasteiger partial charge in [0.1, 0.15) is 0 Å². The zero-order chi connectivity index (χ0) is 14.5. The minimum atomic E-state index is 0.165. The number of nitrogens with zero attached hydrogens (tertiary/aromatic N) is 1. The van der Waals surface area contributed by atoms with Crippen molar-refractivity contribution < 1.29 is 4.79 Å². The molecule has 1 heterocycles. The predicted molar refractivity (Wildman–Crippen MR) is 82.4 cm³/mol. The summed E-state index contributed by atoms with van der Waals surface area (Å²) in [4.78, 5) is 14.5. The van der Waals surface area contributed by atoms with E-state index in [4.69, 9.17) is 0 Å². The van der Waals surface area contributed by atoms with E-state index in [0.29, 0.717) is 5.92 Å². The largest absolute Gasteiger partial charge is 0.356 e. The van der Waals surface area contributed by atoms with Crippen LogP contribution in [0.4, 0.5) is 0 Å². The number of carbonyl (C=O) groups excluding carboxylic acids is 1. The highest BCUT2D eigenvalue weighted by molar-refractivity contribution is 5.79. The Kier molecular flexibility index (Phi) is 5.18. The number of hydrogen-bond donors (Lipinski definition) is 1. The Labute approximate surface area is 122 Å². The average Bonchev–Trinajstić information content (AvgIpc) is 2.87. The molecule has 2 rings (SSSR count). The molecular weight excluding hydrogens is 248 g/mol. The predicted octanol–water partition coefficient (Wildman–Crippen LogP) is 2.59. The van der Waals surface area contributed by atoms with Crippen molar-refractivity contribution in [3.63, 3.8) is 0 Å². The number of rotatable bonds is 5. The van der Waals surface area contributed by atoms with Gasteiger partial charge in [-0.2, -0.15) is 0 Å². The lowest BCUT2D eigenvalue weighted by Crippen LogP contribution is -2.34. The van der Waals surface area contributed by atoms with Crippen molar-refractivity contribution in [1.82, 2.24) is 10.2 Å². The molecule has 1 N–H and O–H groups in total. The minimum Gasteiger partial charge on any atom is -0.356 e. The second-order valence-corrected chi connectivity index (χ2v) is 6.29. The van der Waals surface area contributed by atoms with Gasteiger partial charge in [-0.25, -0.2) is 0 Å². The van der Waals surface area contributed by atoms with Gasteiger partial charge in [-0.15, -0.1) is 0 Å². The summed E-state index contributed by atoms with van der Waals surface area (Å²) in [6, 6.07) is 8.50. The van der Waals surface area contributed by atoms with Crippen molar-refractivity contribution in [3.05, 3.63) is 35.4 Å². The normalized spacial score (nSPS) is 19.5. The summed E-state index contributed by atoms with van der Waals surface area (Å²) in [7, 11) is 0. The molecule has 110 valence electrons. The van der Waals surface area contributed by atoms with E-state index in [2.05, 4.69) is 55.3 Å². The standard InChI is InChI=1S/C17H26N2O/c1-13(2)10-18-17(20)16-8-9-19(12-16)11-15-7-5-4-6-14(15)3/h4-7,13,16H,8-12H2,1-3H3,(H,18,20). The second-order valence-electron chi connectivity index (χ2n) is 6.29. The molecule has 1 saturated heterocycles. The number of carbonyl (C=O) groups is 1. The van der Waals surface area contributed by atoms with E-state index in [0.717, 1.165) is 32.6 Å². The van der Waals surface area contributed by atoms with Gasteiger partial charge in [-0.05, 0) is 36.9 Å². The van der Waals surface area contributed by atoms with Crippen LogP contribution in [-0.4, -0.2) is 30.4 Å². The van der Waals surface area contributed by atoms with Gasteiger partial charge >= 0.3 is 0 Å². The highest BCUT2D eigenvalue weighted by Crippen LogP contribution is 2.20. The molecule has 1 amide bonds. The summed E-state index contributed by atoms with van der Waals surface area (Å²) in [5.41, 5.74) is 2.70. The lowest BCUT2D eigenvalue weighted by Gasteiger charge is -2.17. The van der Waals surface area contributed by atoms with Gasteiger partial charge in [-0.1, -0.05) is 38.1 Å². The second kappa shape index (κ2) is 6.89. The van der Waals surface area contributed by atoms with Crippen LogP contribution in [-0.2, 0) is 11.3 Å². The first-order valence-corrected chi connectivity index (χ1v) is 7.61. The molecule has 1 aliphatic rings. The SMILES string of the molecule is Cc1ccccc1CN1CCC(C(=O)NCC(C)C)C1. The Bertz CT molecular complexity index is 456. The first-order valence-electron chi connectivity index (χ1n) is 7.61. The Morgan fingerprint density at radius 3 is 2.85 bits per heavy atom. The van der Waals surface area contributed by atoms with Crippen LogP contribution in [0.15, 0.2) is 24.3 Å². The van der Waals surface area contributed by atoms with Crippen LogP contribution in [0.1, 0.15) is 31.4 Å². The molecular formula is C17H26N2O. The van der Waals surface area contributed by atoms with Gasteiger partial charge < -0.3 is 5.32 Å². The average molecular weight is 274 g/mol. The molecule has 20 heavy (non-hydrogen) atoms. The molecule has 0 aromatic heterocycles. The van der Waals surface area contributed by atoms with Gasteiger partial charge in [0, 0.05) is 19.6 Å². The number of hydrogen-bond acceptors (Lipinski definition) is 2. The third kappa shape index (κ3) is 4.07. The van der Waals surface area contributed by atoms with Crippen molar-refractivity contribution in [2.24, 2.45) is 11.8 Å². The highest BCUT2D eigenvalue weighted by atomic mass is 16.1. The Balaban J connectivity index is 1.83. The number of aryl methyl sites for hydroxylation is 1. The zero-order valence-corrected chi connectivity index (χ0v) is 12.9. The molecule has 3 heteroatoms. The Morgan fingerprint density at radius 2 is 2.15 bits per heavy atom. The fraction of sp³-hybridized carbons (Fsp3) is 0.588. The fourth-order valence-electron chi connectivity index (χ4n) is 2.67. The van der Waals surface area contributed by atoms with Crippen molar-refractivity contribution >= 4 is 5.91 Å². The molecule has 0 bridgehead atoms. The van der Waals surface area contributed by atoms with Gasteiger partial charge in [0.25, 0.3) is 0 Å². The molecule has 0 aliphatic carbocycles. The molecule has 1 unspecified atom stereocenters. The minimum absolute atomic E-state index is 0.165. The van der Waals surface area contributed by atoms with Crippen molar-refractivity contribution in [2.75, 3.05) is 19.6 Å². The van der Waals surface area contributed by atoms with Crippen molar-refractivity contribution in [2.45, 2.75) is 33.7 Å². The molecule has 0 saturated carbocycles. The van der Waals surface area contributed by atoms with Crippen LogP contribution < -0.4 is 5.32 Å². The van der Waals surface area contributed by atoms with Crippen LogP contribution in [0.25, 0.3) is 0 Å². The summed E-state index contributed by atoms with van der Waals surface area (Å²) in [5.74, 6) is 0.909. The molecule has 1 aromatic carbocycles. The van der Waals surface area contributed by atoms with Crippen LogP contribution in [0.5, 0.6) is 0 Å². The smallest absolute Gasteiger partial charge is 0.224 e.